The van der Waals surface area contributed by atoms with E-state index >= 15 is 0 Å². The molecule has 0 spiro atoms. The number of halogens is 2. The lowest BCUT2D eigenvalue weighted by Gasteiger charge is -2.16. The van der Waals surface area contributed by atoms with Crippen molar-refractivity contribution in [3.05, 3.63) is 29.8 Å². The van der Waals surface area contributed by atoms with E-state index in [1.165, 1.54) is 41.8 Å². The number of methoxy groups -OCH3 is 1. The average Bonchev–Trinajstić information content (AvgIpc) is 2.26. The van der Waals surface area contributed by atoms with Crippen molar-refractivity contribution in [2.75, 3.05) is 13.4 Å². The van der Waals surface area contributed by atoms with Gasteiger partial charge in [0.15, 0.2) is 9.84 Å². The fourth-order valence-electron chi connectivity index (χ4n) is 1.08. The van der Waals surface area contributed by atoms with Crippen LogP contribution in [0.15, 0.2) is 24.3 Å². The van der Waals surface area contributed by atoms with Gasteiger partial charge in [-0.25, -0.2) is 8.42 Å². The van der Waals surface area contributed by atoms with Crippen molar-refractivity contribution < 1.29 is 17.9 Å². The normalized spacial score (nSPS) is 15.1. The van der Waals surface area contributed by atoms with Crippen LogP contribution in [0, 0.1) is 0 Å². The van der Waals surface area contributed by atoms with Crippen LogP contribution in [0.5, 0.6) is 5.75 Å². The van der Waals surface area contributed by atoms with Crippen molar-refractivity contribution in [1.82, 2.24) is 0 Å². The molecule has 1 atom stereocenters. The molecule has 17 heavy (non-hydrogen) atoms. The van der Waals surface area contributed by atoms with Gasteiger partial charge in [0.25, 0.3) is 2.21 Å². The summed E-state index contributed by atoms with van der Waals surface area (Å²) in [6, 6.07) is 6.09. The molecule has 4 nitrogen and oxygen atoms in total. The zero-order chi connectivity index (χ0) is 13.3. The smallest absolute Gasteiger partial charge is 0.257 e. The number of ketones is 1. The molecule has 0 heterocycles. The number of carbonyl (C=O) groups excluding carboxylic acids is 1. The molecule has 7 heteroatoms. The molecular weight excluding hydrogens is 379 g/mol. The van der Waals surface area contributed by atoms with E-state index in [1.807, 2.05) is 0 Å². The quantitative estimate of drug-likeness (QED) is 0.451. The lowest BCUT2D eigenvalue weighted by molar-refractivity contribution is 0.100. The van der Waals surface area contributed by atoms with E-state index < -0.39 is 17.8 Å². The third-order valence-electron chi connectivity index (χ3n) is 2.08. The Morgan fingerprint density at radius 1 is 1.35 bits per heavy atom. The Kier molecular flexibility index (Phi) is 4.43. The average molecular weight is 389 g/mol. The summed E-state index contributed by atoms with van der Waals surface area (Å²) in [5, 5.41) is 0. The molecule has 0 aliphatic rings. The number of Topliss-reactive ketones (excluding diaryl/α,β-unsaturated/α-hetero) is 1. The molecule has 0 aliphatic carbocycles. The van der Waals surface area contributed by atoms with Gasteiger partial charge in [-0.05, 0) is 46.9 Å². The minimum absolute atomic E-state index is 0.223. The summed E-state index contributed by atoms with van der Waals surface area (Å²) in [7, 11) is -2.20. The number of carbonyl (C=O) groups is 1. The van der Waals surface area contributed by atoms with Crippen molar-refractivity contribution >= 4 is 49.8 Å². The standard InChI is InChI=1S/C10H10ClIO4S/c1-16-8-5-3-7(4-6-8)9(13)10(11,12)17(2,14)15/h3-6H,1-2H3/t10-/m1/s1. The van der Waals surface area contributed by atoms with Gasteiger partial charge in [0.05, 0.1) is 7.11 Å². The van der Waals surface area contributed by atoms with Crippen LogP contribution in [0.2, 0.25) is 0 Å². The van der Waals surface area contributed by atoms with Crippen molar-refractivity contribution in [3.63, 3.8) is 0 Å². The van der Waals surface area contributed by atoms with Crippen molar-refractivity contribution in [2.45, 2.75) is 2.21 Å². The third-order valence-corrected chi connectivity index (χ3v) is 7.10. The summed E-state index contributed by atoms with van der Waals surface area (Å²) in [4.78, 5) is 12.0. The summed E-state index contributed by atoms with van der Waals surface area (Å²) in [6.45, 7) is 0. The monoisotopic (exact) mass is 388 g/mol. The summed E-state index contributed by atoms with van der Waals surface area (Å²) in [5.41, 5.74) is 0.223. The largest absolute Gasteiger partial charge is 0.497 e. The molecule has 0 amide bonds. The Morgan fingerprint density at radius 2 is 1.82 bits per heavy atom. The summed E-state index contributed by atoms with van der Waals surface area (Å²) >= 11 is 7.22. The SMILES string of the molecule is COc1ccc(C(=O)[C@@](Cl)(I)S(C)(=O)=O)cc1. The number of sulfone groups is 1. The predicted octanol–water partition coefficient (Wildman–Crippen LogP) is 2.25. The highest BCUT2D eigenvalue weighted by atomic mass is 127. The number of ether oxygens (including phenoxy) is 1. The first-order valence-corrected chi connectivity index (χ1v) is 7.81. The molecule has 1 aromatic rings. The van der Waals surface area contributed by atoms with Crippen LogP contribution in [0.4, 0.5) is 0 Å². The molecule has 0 bridgehead atoms. The van der Waals surface area contributed by atoms with E-state index in [0.717, 1.165) is 6.26 Å². The van der Waals surface area contributed by atoms with Gasteiger partial charge in [-0.3, -0.25) is 4.79 Å². The van der Waals surface area contributed by atoms with E-state index in [0.29, 0.717) is 5.75 Å². The molecule has 0 N–H and O–H groups in total. The number of hydrogen-bond acceptors (Lipinski definition) is 4. The molecule has 0 saturated heterocycles. The van der Waals surface area contributed by atoms with E-state index in [4.69, 9.17) is 16.3 Å². The Hall–Kier alpha value is -0.340. The van der Waals surface area contributed by atoms with Gasteiger partial charge < -0.3 is 4.74 Å². The first-order chi connectivity index (χ1) is 7.70. The van der Waals surface area contributed by atoms with Gasteiger partial charge in [0.1, 0.15) is 5.75 Å². The molecule has 0 unspecified atom stereocenters. The van der Waals surface area contributed by atoms with Crippen molar-refractivity contribution in [2.24, 2.45) is 0 Å². The summed E-state index contributed by atoms with van der Waals surface area (Å²) in [5.74, 6) is -0.0838. The van der Waals surface area contributed by atoms with Crippen LogP contribution < -0.4 is 4.74 Å². The molecule has 0 fully saturated rings. The summed E-state index contributed by atoms with van der Waals surface area (Å²) in [6.07, 6.45) is 0.924. The lowest BCUT2D eigenvalue weighted by atomic mass is 10.1. The van der Waals surface area contributed by atoms with Crippen LogP contribution in [0.1, 0.15) is 10.4 Å². The highest BCUT2D eigenvalue weighted by molar-refractivity contribution is 14.1. The maximum Gasteiger partial charge on any atom is 0.257 e. The zero-order valence-electron chi connectivity index (χ0n) is 9.11. The van der Waals surface area contributed by atoms with E-state index in [9.17, 15) is 13.2 Å². The van der Waals surface area contributed by atoms with Gasteiger partial charge in [-0.1, -0.05) is 11.6 Å². The number of hydrogen-bond donors (Lipinski definition) is 0. The Bertz CT molecular complexity index is 522. The van der Waals surface area contributed by atoms with Gasteiger partial charge in [-0.2, -0.15) is 0 Å². The van der Waals surface area contributed by atoms with E-state index in [2.05, 4.69) is 0 Å². The minimum Gasteiger partial charge on any atom is -0.497 e. The fourth-order valence-corrected chi connectivity index (χ4v) is 1.95. The second kappa shape index (κ2) is 5.11. The first kappa shape index (κ1) is 14.7. The third kappa shape index (κ3) is 3.11. The van der Waals surface area contributed by atoms with Gasteiger partial charge in [0, 0.05) is 11.8 Å². The molecule has 0 saturated carbocycles. The Labute approximate surface area is 118 Å². The maximum atomic E-state index is 12.0. The topological polar surface area (TPSA) is 60.4 Å². The Morgan fingerprint density at radius 3 is 2.18 bits per heavy atom. The van der Waals surface area contributed by atoms with Crippen LogP contribution in [0.3, 0.4) is 0 Å². The zero-order valence-corrected chi connectivity index (χ0v) is 12.8. The number of rotatable bonds is 4. The summed E-state index contributed by atoms with van der Waals surface area (Å²) < 4.78 is 25.8. The van der Waals surface area contributed by atoms with Crippen LogP contribution in [-0.4, -0.2) is 29.8 Å². The van der Waals surface area contributed by atoms with Crippen LogP contribution in [-0.2, 0) is 9.84 Å². The van der Waals surface area contributed by atoms with Gasteiger partial charge >= 0.3 is 0 Å². The molecule has 94 valence electrons. The molecule has 0 aliphatic heterocycles. The molecule has 0 radical (unpaired) electrons. The first-order valence-electron chi connectivity index (χ1n) is 4.46. The molecular formula is C10H10ClIO4S. The number of benzene rings is 1. The minimum atomic E-state index is -3.69. The molecule has 0 aromatic heterocycles. The highest BCUT2D eigenvalue weighted by Crippen LogP contribution is 2.34. The van der Waals surface area contributed by atoms with Gasteiger partial charge in [-0.15, -0.1) is 0 Å². The van der Waals surface area contributed by atoms with Crippen molar-refractivity contribution in [1.29, 1.82) is 0 Å². The molecule has 1 aromatic carbocycles. The van der Waals surface area contributed by atoms with Crippen LogP contribution in [0.25, 0.3) is 0 Å². The highest BCUT2D eigenvalue weighted by Gasteiger charge is 2.44. The van der Waals surface area contributed by atoms with E-state index in [1.54, 1.807) is 12.1 Å². The predicted molar refractivity (Wildman–Crippen MR) is 74.8 cm³/mol. The second-order valence-corrected chi connectivity index (χ2v) is 9.28. The fraction of sp³-hybridized carbons (Fsp3) is 0.300. The Balaban J connectivity index is 3.13. The lowest BCUT2D eigenvalue weighted by Crippen LogP contribution is -2.34. The maximum absolute atomic E-state index is 12.0. The van der Waals surface area contributed by atoms with E-state index in [-0.39, 0.29) is 5.56 Å². The second-order valence-electron chi connectivity index (χ2n) is 3.35. The molecule has 1 rings (SSSR count). The van der Waals surface area contributed by atoms with Gasteiger partial charge in [0.2, 0.25) is 5.78 Å². The van der Waals surface area contributed by atoms with Crippen molar-refractivity contribution in [3.8, 4) is 5.75 Å². The van der Waals surface area contributed by atoms with Crippen LogP contribution >= 0.6 is 34.2 Å². The number of alkyl halides is 2.